The zero-order chi connectivity index (χ0) is 11.4. The van der Waals surface area contributed by atoms with Crippen LogP contribution in [0.3, 0.4) is 0 Å². The summed E-state index contributed by atoms with van der Waals surface area (Å²) in [5, 5.41) is 2.80. The Balaban J connectivity index is 3.34. The van der Waals surface area contributed by atoms with Crippen molar-refractivity contribution in [3.05, 3.63) is 40.8 Å². The van der Waals surface area contributed by atoms with E-state index in [9.17, 15) is 4.39 Å². The molecular weight excluding hydrogens is 261 g/mol. The molecule has 0 bridgehead atoms. The minimum Gasteiger partial charge on any atom is -0.383 e. The van der Waals surface area contributed by atoms with Gasteiger partial charge in [0.05, 0.1) is 10.2 Å². The lowest BCUT2D eigenvalue weighted by Crippen LogP contribution is -2.15. The molecule has 3 nitrogen and oxygen atoms in total. The van der Waals surface area contributed by atoms with Gasteiger partial charge in [0.15, 0.2) is 0 Å². The average molecular weight is 272 g/mol. The summed E-state index contributed by atoms with van der Waals surface area (Å²) in [5.74, 6) is -0.0351. The lowest BCUT2D eigenvalue weighted by atomic mass is 10.1. The Morgan fingerprint density at radius 2 is 2.33 bits per heavy atom. The molecule has 1 rings (SSSR count). The molecule has 0 saturated carbocycles. The molecule has 0 radical (unpaired) electrons. The third-order valence-electron chi connectivity index (χ3n) is 1.83. The maximum absolute atomic E-state index is 13.2. The molecule has 80 valence electrons. The van der Waals surface area contributed by atoms with Gasteiger partial charge < -0.3 is 11.1 Å². The second kappa shape index (κ2) is 4.93. The van der Waals surface area contributed by atoms with E-state index in [4.69, 9.17) is 5.73 Å². The summed E-state index contributed by atoms with van der Waals surface area (Å²) in [7, 11) is 1.57. The van der Waals surface area contributed by atoms with Gasteiger partial charge in [0.2, 0.25) is 0 Å². The minimum absolute atomic E-state index is 0.333. The predicted octanol–water partition coefficient (Wildman–Crippen LogP) is 2.48. The molecule has 0 aliphatic heterocycles. The second-order valence-electron chi connectivity index (χ2n) is 2.77. The van der Waals surface area contributed by atoms with Crippen LogP contribution < -0.4 is 11.1 Å². The van der Waals surface area contributed by atoms with Gasteiger partial charge in [-0.25, -0.2) is 4.39 Å². The molecule has 0 atom stereocenters. The number of rotatable bonds is 3. The molecule has 0 heterocycles. The van der Waals surface area contributed by atoms with Gasteiger partial charge in [0.25, 0.3) is 0 Å². The highest BCUT2D eigenvalue weighted by Gasteiger charge is 2.09. The zero-order valence-electron chi connectivity index (χ0n) is 8.22. The van der Waals surface area contributed by atoms with Gasteiger partial charge in [-0.1, -0.05) is 6.58 Å². The Morgan fingerprint density at radius 1 is 1.67 bits per heavy atom. The van der Waals surface area contributed by atoms with E-state index in [0.29, 0.717) is 21.6 Å². The van der Waals surface area contributed by atoms with Crippen LogP contribution in [-0.4, -0.2) is 12.9 Å². The highest BCUT2D eigenvalue weighted by atomic mass is 79.9. The number of nitrogens with zero attached hydrogens (tertiary/aromatic N) is 1. The van der Waals surface area contributed by atoms with E-state index in [1.807, 2.05) is 0 Å². The van der Waals surface area contributed by atoms with E-state index in [0.717, 1.165) is 0 Å². The van der Waals surface area contributed by atoms with Crippen LogP contribution in [0.25, 0.3) is 0 Å². The summed E-state index contributed by atoms with van der Waals surface area (Å²) in [6.45, 7) is 3.51. The number of benzene rings is 1. The van der Waals surface area contributed by atoms with Crippen LogP contribution in [0, 0.1) is 5.82 Å². The summed E-state index contributed by atoms with van der Waals surface area (Å²) >= 11 is 3.09. The number of anilines is 1. The highest BCUT2D eigenvalue weighted by molar-refractivity contribution is 9.10. The van der Waals surface area contributed by atoms with Gasteiger partial charge in [0.1, 0.15) is 11.7 Å². The van der Waals surface area contributed by atoms with Gasteiger partial charge in [-0.3, -0.25) is 4.99 Å². The molecule has 1 aromatic carbocycles. The zero-order valence-corrected chi connectivity index (χ0v) is 9.81. The van der Waals surface area contributed by atoms with Crippen LogP contribution in [0.2, 0.25) is 0 Å². The summed E-state index contributed by atoms with van der Waals surface area (Å²) in [6.07, 6.45) is 1.45. The van der Waals surface area contributed by atoms with Crippen LogP contribution in [-0.2, 0) is 0 Å². The molecule has 1 aromatic rings. The topological polar surface area (TPSA) is 50.4 Å². The highest BCUT2D eigenvalue weighted by Crippen LogP contribution is 2.24. The van der Waals surface area contributed by atoms with Crippen molar-refractivity contribution in [2.45, 2.75) is 0 Å². The maximum Gasteiger partial charge on any atom is 0.139 e. The Morgan fingerprint density at radius 3 is 2.87 bits per heavy atom. The Bertz CT molecular complexity index is 415. The van der Waals surface area contributed by atoms with E-state index >= 15 is 0 Å². The predicted molar refractivity (Wildman–Crippen MR) is 64.6 cm³/mol. The first-order valence-corrected chi connectivity index (χ1v) is 4.98. The van der Waals surface area contributed by atoms with Crippen molar-refractivity contribution in [1.29, 1.82) is 0 Å². The first-order chi connectivity index (χ1) is 7.10. The van der Waals surface area contributed by atoms with E-state index in [1.165, 1.54) is 12.3 Å². The van der Waals surface area contributed by atoms with Crippen molar-refractivity contribution in [2.75, 3.05) is 12.4 Å². The summed E-state index contributed by atoms with van der Waals surface area (Å²) in [5.41, 5.74) is 6.84. The van der Waals surface area contributed by atoms with Crippen molar-refractivity contribution < 1.29 is 4.39 Å². The van der Waals surface area contributed by atoms with Gasteiger partial charge in [-0.05, 0) is 34.3 Å². The van der Waals surface area contributed by atoms with Crippen molar-refractivity contribution in [1.82, 2.24) is 0 Å². The number of nitrogens with one attached hydrogen (secondary N) is 1. The lowest BCUT2D eigenvalue weighted by Gasteiger charge is -2.09. The van der Waals surface area contributed by atoms with Gasteiger partial charge in [0, 0.05) is 12.6 Å². The van der Waals surface area contributed by atoms with Gasteiger partial charge in [-0.15, -0.1) is 0 Å². The Labute approximate surface area is 96.0 Å². The normalized spacial score (nSPS) is 11.3. The smallest absolute Gasteiger partial charge is 0.139 e. The largest absolute Gasteiger partial charge is 0.383 e. The molecule has 0 fully saturated rings. The average Bonchev–Trinajstić information content (AvgIpc) is 2.22. The summed E-state index contributed by atoms with van der Waals surface area (Å²) < 4.78 is 13.6. The molecule has 3 N–H and O–H groups in total. The molecule has 0 unspecified atom stereocenters. The van der Waals surface area contributed by atoms with Crippen LogP contribution in [0.15, 0.2) is 34.4 Å². The molecule has 15 heavy (non-hydrogen) atoms. The molecule has 0 saturated heterocycles. The van der Waals surface area contributed by atoms with Crippen molar-refractivity contribution in [3.63, 3.8) is 0 Å². The quantitative estimate of drug-likeness (QED) is 0.656. The number of nitrogens with two attached hydrogens (primary N) is 1. The fourth-order valence-corrected chi connectivity index (χ4v) is 1.45. The number of halogens is 2. The minimum atomic E-state index is -0.369. The number of aliphatic imine (C=N–C) groups is 1. The molecule has 5 heteroatoms. The monoisotopic (exact) mass is 271 g/mol. The van der Waals surface area contributed by atoms with Crippen molar-refractivity contribution in [2.24, 2.45) is 10.7 Å². The Hall–Kier alpha value is -1.36. The Kier molecular flexibility index (Phi) is 3.85. The third-order valence-corrected chi connectivity index (χ3v) is 2.44. The molecular formula is C10H11BrFN3. The van der Waals surface area contributed by atoms with E-state index in [1.54, 1.807) is 13.1 Å². The van der Waals surface area contributed by atoms with Crippen LogP contribution >= 0.6 is 15.9 Å². The van der Waals surface area contributed by atoms with E-state index in [2.05, 4.69) is 32.8 Å². The van der Waals surface area contributed by atoms with Crippen LogP contribution in [0.4, 0.5) is 10.1 Å². The third kappa shape index (κ3) is 2.56. The van der Waals surface area contributed by atoms with Crippen molar-refractivity contribution in [3.8, 4) is 0 Å². The maximum atomic E-state index is 13.2. The van der Waals surface area contributed by atoms with Crippen molar-refractivity contribution >= 4 is 27.5 Å². The summed E-state index contributed by atoms with van der Waals surface area (Å²) in [6, 6.07) is 2.91. The number of amidine groups is 1. The van der Waals surface area contributed by atoms with E-state index in [-0.39, 0.29) is 5.82 Å². The first-order valence-electron chi connectivity index (χ1n) is 4.19. The molecule has 0 amide bonds. The first kappa shape index (κ1) is 11.7. The SMILES string of the molecule is C=CNc1cc(F)c(Br)cc1C(N)=NC. The molecule has 0 spiro atoms. The molecule has 0 aliphatic carbocycles. The lowest BCUT2D eigenvalue weighted by molar-refractivity contribution is 0.621. The number of hydrogen-bond donors (Lipinski definition) is 2. The van der Waals surface area contributed by atoms with Crippen LogP contribution in [0.1, 0.15) is 5.56 Å². The van der Waals surface area contributed by atoms with E-state index < -0.39 is 0 Å². The molecule has 0 aliphatic rings. The second-order valence-corrected chi connectivity index (χ2v) is 3.62. The fraction of sp³-hybridized carbons (Fsp3) is 0.100. The van der Waals surface area contributed by atoms with Crippen LogP contribution in [0.5, 0.6) is 0 Å². The summed E-state index contributed by atoms with van der Waals surface area (Å²) in [4.78, 5) is 3.85. The number of hydrogen-bond acceptors (Lipinski definition) is 2. The van der Waals surface area contributed by atoms with Gasteiger partial charge >= 0.3 is 0 Å². The molecule has 0 aromatic heterocycles. The fourth-order valence-electron chi connectivity index (χ4n) is 1.11. The van der Waals surface area contributed by atoms with Gasteiger partial charge in [-0.2, -0.15) is 0 Å². The standard InChI is InChI=1S/C10H11BrFN3/c1-3-15-9-5-8(12)7(11)4-6(9)10(13)14-2/h3-5,15H,1H2,2H3,(H2,13,14).